The van der Waals surface area contributed by atoms with Crippen LogP contribution in [0.4, 0.5) is 0 Å². The Kier molecular flexibility index (Phi) is 8.77. The minimum atomic E-state index is 0.619. The van der Waals surface area contributed by atoms with Crippen LogP contribution in [0.25, 0.3) is 0 Å². The first-order valence-corrected chi connectivity index (χ1v) is 3.90. The molecule has 0 radical (unpaired) electrons. The molecule has 10 heavy (non-hydrogen) atoms. The minimum Gasteiger partial charge on any atom is -0.379 e. The molecule has 3 N–H and O–H groups in total. The van der Waals surface area contributed by atoms with Gasteiger partial charge in [0.05, 0.1) is 13.2 Å². The molecule has 3 heteroatoms. The Bertz CT molecular complexity index is 51.6. The van der Waals surface area contributed by atoms with Crippen LogP contribution in [-0.2, 0) is 4.74 Å². The van der Waals surface area contributed by atoms with Gasteiger partial charge in [0.1, 0.15) is 0 Å². The van der Waals surface area contributed by atoms with E-state index >= 15 is 0 Å². The van der Waals surface area contributed by atoms with Crippen LogP contribution in [0.15, 0.2) is 0 Å². The molecule has 0 aliphatic carbocycles. The van der Waals surface area contributed by atoms with Crippen molar-refractivity contribution in [2.45, 2.75) is 13.3 Å². The molecule has 0 aromatic carbocycles. The molecular weight excluding hydrogens is 128 g/mol. The van der Waals surface area contributed by atoms with Crippen molar-refractivity contribution in [3.8, 4) is 0 Å². The predicted octanol–water partition coefficient (Wildman–Crippen LogP) is -0.0387. The Morgan fingerprint density at radius 3 is 2.70 bits per heavy atom. The lowest BCUT2D eigenvalue weighted by Gasteiger charge is -2.02. The zero-order chi connectivity index (χ0) is 7.66. The van der Waals surface area contributed by atoms with E-state index in [1.165, 1.54) is 6.42 Å². The van der Waals surface area contributed by atoms with Crippen molar-refractivity contribution in [1.29, 1.82) is 0 Å². The first kappa shape index (κ1) is 9.88. The second-order valence-corrected chi connectivity index (χ2v) is 2.15. The molecule has 0 spiro atoms. The van der Waals surface area contributed by atoms with Crippen molar-refractivity contribution < 1.29 is 4.74 Å². The van der Waals surface area contributed by atoms with E-state index in [4.69, 9.17) is 10.5 Å². The molecule has 0 saturated carbocycles. The summed E-state index contributed by atoms with van der Waals surface area (Å²) in [5.74, 6) is 0. The maximum absolute atomic E-state index is 5.22. The fraction of sp³-hybridized carbons (Fsp3) is 1.00. The molecule has 0 aliphatic heterocycles. The summed E-state index contributed by atoms with van der Waals surface area (Å²) in [6.45, 7) is 6.23. The van der Waals surface area contributed by atoms with Gasteiger partial charge in [-0.1, -0.05) is 6.92 Å². The number of rotatable bonds is 7. The molecule has 0 aliphatic rings. The van der Waals surface area contributed by atoms with Gasteiger partial charge in [-0.3, -0.25) is 0 Å². The van der Waals surface area contributed by atoms with E-state index < -0.39 is 0 Å². The molecular formula is C7H18N2O. The SMILES string of the molecule is CCCNCCOCCN. The molecule has 0 unspecified atom stereocenters. The second-order valence-electron chi connectivity index (χ2n) is 2.15. The lowest BCUT2D eigenvalue weighted by atomic mass is 10.5. The van der Waals surface area contributed by atoms with Gasteiger partial charge in [-0.15, -0.1) is 0 Å². The molecule has 0 rings (SSSR count). The van der Waals surface area contributed by atoms with Crippen LogP contribution >= 0.6 is 0 Å². The van der Waals surface area contributed by atoms with Crippen LogP contribution in [0.5, 0.6) is 0 Å². The molecule has 0 aromatic heterocycles. The summed E-state index contributed by atoms with van der Waals surface area (Å²) in [6.07, 6.45) is 1.18. The van der Waals surface area contributed by atoms with Crippen molar-refractivity contribution in [2.24, 2.45) is 5.73 Å². The smallest absolute Gasteiger partial charge is 0.0591 e. The van der Waals surface area contributed by atoms with E-state index in [-0.39, 0.29) is 0 Å². The first-order valence-electron chi connectivity index (χ1n) is 3.90. The van der Waals surface area contributed by atoms with Gasteiger partial charge in [-0.25, -0.2) is 0 Å². The Morgan fingerprint density at radius 1 is 1.30 bits per heavy atom. The van der Waals surface area contributed by atoms with Gasteiger partial charge in [-0.05, 0) is 13.0 Å². The van der Waals surface area contributed by atoms with E-state index in [2.05, 4.69) is 12.2 Å². The minimum absolute atomic E-state index is 0.619. The lowest BCUT2D eigenvalue weighted by molar-refractivity contribution is 0.143. The van der Waals surface area contributed by atoms with Crippen LogP contribution in [-0.4, -0.2) is 32.8 Å². The maximum Gasteiger partial charge on any atom is 0.0591 e. The summed E-state index contributed by atoms with van der Waals surface area (Å²) < 4.78 is 5.14. The second kappa shape index (κ2) is 8.88. The Hall–Kier alpha value is -0.120. The quantitative estimate of drug-likeness (QED) is 0.495. The zero-order valence-electron chi connectivity index (χ0n) is 6.73. The van der Waals surface area contributed by atoms with E-state index in [0.29, 0.717) is 13.2 Å². The number of hydrogen-bond acceptors (Lipinski definition) is 3. The Morgan fingerprint density at radius 2 is 2.10 bits per heavy atom. The van der Waals surface area contributed by atoms with Crippen molar-refractivity contribution in [1.82, 2.24) is 5.32 Å². The lowest BCUT2D eigenvalue weighted by Crippen LogP contribution is -2.21. The molecule has 0 aromatic rings. The van der Waals surface area contributed by atoms with Crippen LogP contribution in [0.2, 0.25) is 0 Å². The van der Waals surface area contributed by atoms with Gasteiger partial charge in [0.2, 0.25) is 0 Å². The summed E-state index contributed by atoms with van der Waals surface area (Å²) in [4.78, 5) is 0. The number of hydrogen-bond donors (Lipinski definition) is 2. The third-order valence-electron chi connectivity index (χ3n) is 1.11. The molecule has 0 saturated heterocycles. The average Bonchev–Trinajstić information content (AvgIpc) is 1.97. The number of nitrogens with two attached hydrogens (primary N) is 1. The summed E-state index contributed by atoms with van der Waals surface area (Å²) in [7, 11) is 0. The summed E-state index contributed by atoms with van der Waals surface area (Å²) >= 11 is 0. The third-order valence-corrected chi connectivity index (χ3v) is 1.11. The van der Waals surface area contributed by atoms with E-state index in [1.54, 1.807) is 0 Å². The Labute approximate surface area is 62.9 Å². The van der Waals surface area contributed by atoms with Crippen LogP contribution in [0, 0.1) is 0 Å². The normalized spacial score (nSPS) is 10.2. The zero-order valence-corrected chi connectivity index (χ0v) is 6.73. The maximum atomic E-state index is 5.22. The van der Waals surface area contributed by atoms with Crippen LogP contribution in [0.3, 0.4) is 0 Å². The van der Waals surface area contributed by atoms with Crippen molar-refractivity contribution in [3.05, 3.63) is 0 Å². The standard InChI is InChI=1S/C7H18N2O/c1-2-4-9-5-7-10-6-3-8/h9H,2-8H2,1H3. The van der Waals surface area contributed by atoms with Crippen LogP contribution < -0.4 is 11.1 Å². The highest BCUT2D eigenvalue weighted by Gasteiger charge is 1.84. The van der Waals surface area contributed by atoms with E-state index in [0.717, 1.165) is 19.7 Å². The van der Waals surface area contributed by atoms with Gasteiger partial charge < -0.3 is 15.8 Å². The van der Waals surface area contributed by atoms with E-state index in [9.17, 15) is 0 Å². The molecule has 3 nitrogen and oxygen atoms in total. The molecule has 0 amide bonds. The fourth-order valence-corrected chi connectivity index (χ4v) is 0.632. The highest BCUT2D eigenvalue weighted by atomic mass is 16.5. The summed E-state index contributed by atoms with van der Waals surface area (Å²) in [5.41, 5.74) is 5.22. The van der Waals surface area contributed by atoms with Gasteiger partial charge in [0.25, 0.3) is 0 Å². The van der Waals surface area contributed by atoms with Gasteiger partial charge in [-0.2, -0.15) is 0 Å². The molecule has 0 bridgehead atoms. The van der Waals surface area contributed by atoms with Gasteiger partial charge in [0.15, 0.2) is 0 Å². The van der Waals surface area contributed by atoms with Crippen molar-refractivity contribution >= 4 is 0 Å². The Balaban J connectivity index is 2.65. The predicted molar refractivity (Wildman–Crippen MR) is 43.0 cm³/mol. The van der Waals surface area contributed by atoms with Crippen LogP contribution in [0.1, 0.15) is 13.3 Å². The summed E-state index contributed by atoms with van der Waals surface area (Å²) in [6, 6.07) is 0. The number of ether oxygens (including phenoxy) is 1. The average molecular weight is 146 g/mol. The largest absolute Gasteiger partial charge is 0.379 e. The number of nitrogens with one attached hydrogen (secondary N) is 1. The monoisotopic (exact) mass is 146 g/mol. The first-order chi connectivity index (χ1) is 4.91. The summed E-state index contributed by atoms with van der Waals surface area (Å²) in [5, 5.41) is 3.23. The van der Waals surface area contributed by atoms with Crippen molar-refractivity contribution in [3.63, 3.8) is 0 Å². The molecule has 62 valence electrons. The highest BCUT2D eigenvalue weighted by Crippen LogP contribution is 1.72. The van der Waals surface area contributed by atoms with Gasteiger partial charge >= 0.3 is 0 Å². The molecule has 0 fully saturated rings. The topological polar surface area (TPSA) is 47.3 Å². The van der Waals surface area contributed by atoms with Crippen molar-refractivity contribution in [2.75, 3.05) is 32.8 Å². The third kappa shape index (κ3) is 7.88. The molecule has 0 heterocycles. The highest BCUT2D eigenvalue weighted by molar-refractivity contribution is 4.43. The fourth-order valence-electron chi connectivity index (χ4n) is 0.632. The van der Waals surface area contributed by atoms with Gasteiger partial charge in [0, 0.05) is 13.1 Å². The van der Waals surface area contributed by atoms with E-state index in [1.807, 2.05) is 0 Å². The molecule has 0 atom stereocenters.